The molecule has 0 radical (unpaired) electrons. The Kier molecular flexibility index (Phi) is 4.51. The maximum Gasteiger partial charge on any atom is 0.219 e. The van der Waals surface area contributed by atoms with Gasteiger partial charge in [-0.25, -0.2) is 4.98 Å². The fourth-order valence-electron chi connectivity index (χ4n) is 1.56. The Hall–Kier alpha value is -1.45. The molecular formula is C14H14Cl2N2O. The van der Waals surface area contributed by atoms with Crippen LogP contribution >= 0.6 is 23.2 Å². The van der Waals surface area contributed by atoms with E-state index in [1.54, 1.807) is 12.1 Å². The van der Waals surface area contributed by atoms with Crippen molar-refractivity contribution >= 4 is 28.9 Å². The van der Waals surface area contributed by atoms with Crippen molar-refractivity contribution in [3.63, 3.8) is 0 Å². The molecule has 0 fully saturated rings. The Labute approximate surface area is 122 Å². The van der Waals surface area contributed by atoms with Gasteiger partial charge in [0, 0.05) is 31.9 Å². The Morgan fingerprint density at radius 2 is 2.00 bits per heavy atom. The zero-order valence-electron chi connectivity index (χ0n) is 10.7. The molecule has 0 saturated heterocycles. The first kappa shape index (κ1) is 14.0. The van der Waals surface area contributed by atoms with Crippen molar-refractivity contribution in [2.24, 2.45) is 0 Å². The SMILES string of the molecule is CN(C)c1cccc(Oc2ccc(Cl)c(CCl)n2)c1. The summed E-state index contributed by atoms with van der Waals surface area (Å²) in [6.07, 6.45) is 0. The summed E-state index contributed by atoms with van der Waals surface area (Å²) in [7, 11) is 3.95. The van der Waals surface area contributed by atoms with Gasteiger partial charge in [0.05, 0.1) is 16.6 Å². The van der Waals surface area contributed by atoms with Crippen LogP contribution in [-0.2, 0) is 5.88 Å². The zero-order valence-corrected chi connectivity index (χ0v) is 12.2. The maximum atomic E-state index is 5.96. The Bertz CT molecular complexity index is 573. The molecule has 100 valence electrons. The van der Waals surface area contributed by atoms with Crippen molar-refractivity contribution in [3.05, 3.63) is 47.1 Å². The molecule has 1 heterocycles. The number of aromatic nitrogens is 1. The average Bonchev–Trinajstić information content (AvgIpc) is 2.41. The fourth-order valence-corrected chi connectivity index (χ4v) is 2.00. The van der Waals surface area contributed by atoms with Crippen LogP contribution in [0.2, 0.25) is 5.02 Å². The molecular weight excluding hydrogens is 283 g/mol. The number of alkyl halides is 1. The van der Waals surface area contributed by atoms with Crippen LogP contribution in [0.3, 0.4) is 0 Å². The summed E-state index contributed by atoms with van der Waals surface area (Å²) in [5.74, 6) is 1.46. The lowest BCUT2D eigenvalue weighted by atomic mass is 10.3. The van der Waals surface area contributed by atoms with Gasteiger partial charge in [0.15, 0.2) is 0 Å². The Balaban J connectivity index is 2.23. The van der Waals surface area contributed by atoms with Gasteiger partial charge in [0.2, 0.25) is 5.88 Å². The van der Waals surface area contributed by atoms with Crippen LogP contribution in [0.1, 0.15) is 5.69 Å². The van der Waals surface area contributed by atoms with Crippen molar-refractivity contribution in [3.8, 4) is 11.6 Å². The summed E-state index contributed by atoms with van der Waals surface area (Å²) >= 11 is 11.7. The van der Waals surface area contributed by atoms with Crippen molar-refractivity contribution in [2.45, 2.75) is 5.88 Å². The lowest BCUT2D eigenvalue weighted by molar-refractivity contribution is 0.461. The number of rotatable bonds is 4. The number of hydrogen-bond donors (Lipinski definition) is 0. The number of nitrogens with zero attached hydrogens (tertiary/aromatic N) is 2. The van der Waals surface area contributed by atoms with Gasteiger partial charge in [-0.2, -0.15) is 0 Å². The molecule has 1 aromatic heterocycles. The van der Waals surface area contributed by atoms with Crippen LogP contribution in [0.5, 0.6) is 11.6 Å². The van der Waals surface area contributed by atoms with Gasteiger partial charge >= 0.3 is 0 Å². The average molecular weight is 297 g/mol. The zero-order chi connectivity index (χ0) is 13.8. The van der Waals surface area contributed by atoms with Crippen molar-refractivity contribution in [1.82, 2.24) is 4.98 Å². The molecule has 0 spiro atoms. The van der Waals surface area contributed by atoms with Crippen LogP contribution in [0.25, 0.3) is 0 Å². The van der Waals surface area contributed by atoms with Crippen molar-refractivity contribution in [2.75, 3.05) is 19.0 Å². The third-order valence-corrected chi connectivity index (χ3v) is 3.17. The lowest BCUT2D eigenvalue weighted by Crippen LogP contribution is -2.08. The minimum absolute atomic E-state index is 0.258. The topological polar surface area (TPSA) is 25.4 Å². The normalized spacial score (nSPS) is 10.3. The van der Waals surface area contributed by atoms with E-state index >= 15 is 0 Å². The van der Waals surface area contributed by atoms with E-state index in [0.717, 1.165) is 11.4 Å². The largest absolute Gasteiger partial charge is 0.439 e. The van der Waals surface area contributed by atoms with Crippen LogP contribution in [0.4, 0.5) is 5.69 Å². The summed E-state index contributed by atoms with van der Waals surface area (Å²) in [5.41, 5.74) is 1.67. The second-order valence-electron chi connectivity index (χ2n) is 4.21. The van der Waals surface area contributed by atoms with Gasteiger partial charge in [-0.15, -0.1) is 11.6 Å². The Morgan fingerprint density at radius 3 is 2.68 bits per heavy atom. The van der Waals surface area contributed by atoms with Gasteiger partial charge in [0.1, 0.15) is 5.75 Å². The summed E-state index contributed by atoms with van der Waals surface area (Å²) in [6.45, 7) is 0. The van der Waals surface area contributed by atoms with E-state index in [-0.39, 0.29) is 5.88 Å². The first-order valence-electron chi connectivity index (χ1n) is 5.77. The minimum Gasteiger partial charge on any atom is -0.439 e. The number of benzene rings is 1. The third kappa shape index (κ3) is 3.52. The number of hydrogen-bond acceptors (Lipinski definition) is 3. The minimum atomic E-state index is 0.258. The standard InChI is InChI=1S/C14H14Cl2N2O/c1-18(2)10-4-3-5-11(8-10)19-14-7-6-12(16)13(9-15)17-14/h3-8H,9H2,1-2H3. The summed E-state index contributed by atoms with van der Waals surface area (Å²) in [6, 6.07) is 11.2. The molecule has 0 bridgehead atoms. The third-order valence-electron chi connectivity index (χ3n) is 2.58. The maximum absolute atomic E-state index is 5.96. The molecule has 0 aliphatic rings. The molecule has 0 amide bonds. The first-order chi connectivity index (χ1) is 9.10. The highest BCUT2D eigenvalue weighted by Crippen LogP contribution is 2.26. The predicted octanol–water partition coefficient (Wildman–Crippen LogP) is 4.33. The molecule has 19 heavy (non-hydrogen) atoms. The van der Waals surface area contributed by atoms with Crippen molar-refractivity contribution < 1.29 is 4.74 Å². The smallest absolute Gasteiger partial charge is 0.219 e. The molecule has 0 aliphatic carbocycles. The van der Waals surface area contributed by atoms with Gasteiger partial charge in [-0.05, 0) is 18.2 Å². The van der Waals surface area contributed by atoms with E-state index in [2.05, 4.69) is 4.98 Å². The van der Waals surface area contributed by atoms with E-state index in [4.69, 9.17) is 27.9 Å². The van der Waals surface area contributed by atoms with E-state index in [9.17, 15) is 0 Å². The molecule has 2 aromatic rings. The first-order valence-corrected chi connectivity index (χ1v) is 6.68. The summed E-state index contributed by atoms with van der Waals surface area (Å²) < 4.78 is 5.71. The lowest BCUT2D eigenvalue weighted by Gasteiger charge is -2.13. The quantitative estimate of drug-likeness (QED) is 0.785. The van der Waals surface area contributed by atoms with Crippen LogP contribution in [0.15, 0.2) is 36.4 Å². The molecule has 0 atom stereocenters. The number of anilines is 1. The van der Waals surface area contributed by atoms with Crippen molar-refractivity contribution in [1.29, 1.82) is 0 Å². The van der Waals surface area contributed by atoms with Gasteiger partial charge in [0.25, 0.3) is 0 Å². The van der Waals surface area contributed by atoms with Crippen LogP contribution in [0, 0.1) is 0 Å². The molecule has 0 saturated carbocycles. The predicted molar refractivity (Wildman–Crippen MR) is 79.6 cm³/mol. The highest BCUT2D eigenvalue weighted by Gasteiger charge is 2.05. The van der Waals surface area contributed by atoms with Gasteiger partial charge in [-0.3, -0.25) is 0 Å². The van der Waals surface area contributed by atoms with Crippen LogP contribution < -0.4 is 9.64 Å². The second kappa shape index (κ2) is 6.13. The van der Waals surface area contributed by atoms with Gasteiger partial charge < -0.3 is 9.64 Å². The summed E-state index contributed by atoms with van der Waals surface area (Å²) in [4.78, 5) is 6.27. The monoisotopic (exact) mass is 296 g/mol. The second-order valence-corrected chi connectivity index (χ2v) is 4.88. The van der Waals surface area contributed by atoms with E-state index in [0.29, 0.717) is 16.6 Å². The molecule has 5 heteroatoms. The number of halogens is 2. The highest BCUT2D eigenvalue weighted by atomic mass is 35.5. The van der Waals surface area contributed by atoms with Crippen LogP contribution in [-0.4, -0.2) is 19.1 Å². The molecule has 2 rings (SSSR count). The van der Waals surface area contributed by atoms with E-state index in [1.807, 2.05) is 43.3 Å². The number of pyridine rings is 1. The molecule has 1 aromatic carbocycles. The number of ether oxygens (including phenoxy) is 1. The molecule has 0 aliphatic heterocycles. The molecule has 0 unspecified atom stereocenters. The van der Waals surface area contributed by atoms with E-state index in [1.165, 1.54) is 0 Å². The molecule has 0 N–H and O–H groups in total. The highest BCUT2D eigenvalue weighted by molar-refractivity contribution is 6.32. The molecule has 3 nitrogen and oxygen atoms in total. The van der Waals surface area contributed by atoms with Gasteiger partial charge in [-0.1, -0.05) is 17.7 Å². The Morgan fingerprint density at radius 1 is 1.21 bits per heavy atom. The summed E-state index contributed by atoms with van der Waals surface area (Å²) in [5, 5.41) is 0.546. The van der Waals surface area contributed by atoms with E-state index < -0.39 is 0 Å². The fraction of sp³-hybridized carbons (Fsp3) is 0.214.